The zero-order chi connectivity index (χ0) is 21.0. The summed E-state index contributed by atoms with van der Waals surface area (Å²) in [5.74, 6) is 1.46. The molecule has 0 spiro atoms. The summed E-state index contributed by atoms with van der Waals surface area (Å²) in [6.07, 6.45) is 5.98. The first-order valence-electron chi connectivity index (χ1n) is 10.3. The van der Waals surface area contributed by atoms with Crippen molar-refractivity contribution in [2.45, 2.75) is 52.4 Å². The number of rotatable bonds is 6. The minimum atomic E-state index is -3.00. The van der Waals surface area contributed by atoms with Crippen LogP contribution in [0.5, 0.6) is 5.75 Å². The third-order valence-electron chi connectivity index (χ3n) is 5.53. The lowest BCUT2D eigenvalue weighted by atomic mass is 9.95. The van der Waals surface area contributed by atoms with Crippen molar-refractivity contribution >= 4 is 15.7 Å². The summed E-state index contributed by atoms with van der Waals surface area (Å²) >= 11 is 0. The van der Waals surface area contributed by atoms with Crippen LogP contribution in [0.2, 0.25) is 0 Å². The molecule has 2 heterocycles. The highest BCUT2D eigenvalue weighted by molar-refractivity contribution is 7.90. The number of piperidine rings is 1. The lowest BCUT2D eigenvalue weighted by Gasteiger charge is -2.37. The molecule has 1 amide bonds. The van der Waals surface area contributed by atoms with E-state index in [0.29, 0.717) is 25.4 Å². The molecule has 1 saturated heterocycles. The number of carbonyl (C=O) groups is 1. The van der Waals surface area contributed by atoms with Gasteiger partial charge in [0.2, 0.25) is 12.2 Å². The van der Waals surface area contributed by atoms with E-state index in [-0.39, 0.29) is 18.0 Å². The van der Waals surface area contributed by atoms with Crippen LogP contribution in [0, 0.1) is 5.92 Å². The van der Waals surface area contributed by atoms with Crippen LogP contribution in [0.3, 0.4) is 0 Å². The number of hydrogen-bond donors (Lipinski definition) is 0. The van der Waals surface area contributed by atoms with Gasteiger partial charge in [0.25, 0.3) is 0 Å². The van der Waals surface area contributed by atoms with E-state index in [4.69, 9.17) is 9.47 Å². The second kappa shape index (κ2) is 9.30. The summed E-state index contributed by atoms with van der Waals surface area (Å²) < 4.78 is 34.9. The van der Waals surface area contributed by atoms with Gasteiger partial charge in [-0.25, -0.2) is 8.42 Å². The fourth-order valence-electron chi connectivity index (χ4n) is 3.96. The zero-order valence-electron chi connectivity index (χ0n) is 17.5. The minimum absolute atomic E-state index is 0.0918. The number of fused-ring (bicyclic) bond motifs is 1. The third-order valence-corrected chi connectivity index (χ3v) is 6.51. The monoisotopic (exact) mass is 421 g/mol. The molecular formula is C22H31NO5S. The van der Waals surface area contributed by atoms with Gasteiger partial charge < -0.3 is 14.4 Å². The number of hydrogen-bond acceptors (Lipinski definition) is 5. The highest BCUT2D eigenvalue weighted by Crippen LogP contribution is 2.33. The molecule has 0 aliphatic carbocycles. The Hall–Kier alpha value is -1.86. The summed E-state index contributed by atoms with van der Waals surface area (Å²) in [7, 11) is -3.00. The van der Waals surface area contributed by atoms with Crippen LogP contribution in [0.4, 0.5) is 0 Å². The van der Waals surface area contributed by atoms with E-state index in [2.05, 4.69) is 6.07 Å². The third kappa shape index (κ3) is 6.06. The zero-order valence-corrected chi connectivity index (χ0v) is 18.3. The molecule has 0 saturated carbocycles. The van der Waals surface area contributed by atoms with Gasteiger partial charge >= 0.3 is 0 Å². The van der Waals surface area contributed by atoms with Crippen molar-refractivity contribution in [3.63, 3.8) is 0 Å². The number of carbonyl (C=O) groups excluding carboxylic acids is 1. The fourth-order valence-corrected chi connectivity index (χ4v) is 4.91. The average molecular weight is 422 g/mol. The van der Waals surface area contributed by atoms with Crippen LogP contribution in [0.1, 0.15) is 44.2 Å². The average Bonchev–Trinajstić information content (AvgIpc) is 2.70. The lowest BCUT2D eigenvalue weighted by molar-refractivity contribution is -0.154. The van der Waals surface area contributed by atoms with Gasteiger partial charge in [0.05, 0.1) is 12.4 Å². The maximum atomic E-state index is 11.8. The van der Waals surface area contributed by atoms with Gasteiger partial charge in [-0.2, -0.15) is 0 Å². The minimum Gasteiger partial charge on any atom is -0.464 e. The van der Waals surface area contributed by atoms with Gasteiger partial charge in [0.15, 0.2) is 9.84 Å². The molecule has 160 valence electrons. The molecule has 0 bridgehead atoms. The molecule has 0 aromatic heterocycles. The highest BCUT2D eigenvalue weighted by Gasteiger charge is 2.32. The van der Waals surface area contributed by atoms with E-state index in [1.165, 1.54) is 6.26 Å². The number of sulfone groups is 1. The highest BCUT2D eigenvalue weighted by atomic mass is 32.2. The van der Waals surface area contributed by atoms with E-state index in [9.17, 15) is 13.2 Å². The van der Waals surface area contributed by atoms with Crippen LogP contribution in [-0.2, 0) is 32.4 Å². The molecule has 7 heteroatoms. The topological polar surface area (TPSA) is 72.9 Å². The summed E-state index contributed by atoms with van der Waals surface area (Å²) in [4.78, 5) is 13.8. The Morgan fingerprint density at radius 1 is 1.28 bits per heavy atom. The quantitative estimate of drug-likeness (QED) is 0.660. The number of likely N-dealkylation sites (tertiary alicyclic amines) is 1. The van der Waals surface area contributed by atoms with Crippen LogP contribution in [-0.4, -0.2) is 50.6 Å². The Kier molecular flexibility index (Phi) is 7.01. The maximum Gasteiger partial charge on any atom is 0.222 e. The molecule has 2 aliphatic rings. The van der Waals surface area contributed by atoms with Crippen molar-refractivity contribution in [3.8, 4) is 5.75 Å². The van der Waals surface area contributed by atoms with Crippen molar-refractivity contribution in [3.05, 3.63) is 41.0 Å². The summed E-state index contributed by atoms with van der Waals surface area (Å²) in [5.41, 5.74) is 2.98. The molecule has 1 atom stereocenters. The van der Waals surface area contributed by atoms with E-state index in [1.807, 2.05) is 37.0 Å². The standard InChI is InChI=1S/C22H31NO5S/c1-4-21(24)23-11-9-18(10-12-23)22-27-14-19-13-17(7-8-20(19)28-22)6-5-16(2)15-29(3,25)26/h5,7-8,13,18,22H,4,6,9-12,14-15H2,1-3H3. The SMILES string of the molecule is CCC(=O)N1CCC(C2OCc3cc(CC=C(C)CS(C)(=O)=O)ccc3O2)CC1. The molecule has 0 radical (unpaired) electrons. The largest absolute Gasteiger partial charge is 0.464 e. The molecule has 6 nitrogen and oxygen atoms in total. The predicted octanol–water partition coefficient (Wildman–Crippen LogP) is 3.10. The molecule has 2 aliphatic heterocycles. The van der Waals surface area contributed by atoms with Gasteiger partial charge in [0, 0.05) is 37.2 Å². The van der Waals surface area contributed by atoms with Crippen LogP contribution in [0.15, 0.2) is 29.8 Å². The second-order valence-corrected chi connectivity index (χ2v) is 10.3. The normalized spacial score (nSPS) is 20.9. The molecule has 29 heavy (non-hydrogen) atoms. The lowest BCUT2D eigenvalue weighted by Crippen LogP contribution is -2.43. The first-order chi connectivity index (χ1) is 13.7. The number of amides is 1. The Labute approximate surface area is 173 Å². The van der Waals surface area contributed by atoms with Crippen LogP contribution in [0.25, 0.3) is 0 Å². The van der Waals surface area contributed by atoms with Crippen molar-refractivity contribution in [2.24, 2.45) is 5.92 Å². The Bertz CT molecular complexity index is 869. The molecule has 1 fully saturated rings. The second-order valence-electron chi connectivity index (χ2n) is 8.14. The molecule has 3 rings (SSSR count). The maximum absolute atomic E-state index is 11.8. The Balaban J connectivity index is 1.57. The first kappa shape index (κ1) is 21.8. The smallest absolute Gasteiger partial charge is 0.222 e. The fraction of sp³-hybridized carbons (Fsp3) is 0.591. The van der Waals surface area contributed by atoms with Gasteiger partial charge in [-0.05, 0) is 43.9 Å². The van der Waals surface area contributed by atoms with Gasteiger partial charge in [-0.3, -0.25) is 4.79 Å². The molecule has 1 aromatic rings. The van der Waals surface area contributed by atoms with E-state index in [1.54, 1.807) is 0 Å². The number of allylic oxidation sites excluding steroid dienone is 1. The van der Waals surface area contributed by atoms with Crippen molar-refractivity contribution in [1.29, 1.82) is 0 Å². The van der Waals surface area contributed by atoms with Crippen molar-refractivity contribution in [1.82, 2.24) is 4.90 Å². The van der Waals surface area contributed by atoms with Gasteiger partial charge in [-0.1, -0.05) is 24.6 Å². The Morgan fingerprint density at radius 2 is 2.00 bits per heavy atom. The predicted molar refractivity (Wildman–Crippen MR) is 112 cm³/mol. The Morgan fingerprint density at radius 3 is 2.66 bits per heavy atom. The van der Waals surface area contributed by atoms with Gasteiger partial charge in [-0.15, -0.1) is 0 Å². The van der Waals surface area contributed by atoms with Crippen LogP contribution < -0.4 is 4.74 Å². The molecule has 1 aromatic carbocycles. The molecule has 1 unspecified atom stereocenters. The first-order valence-corrected chi connectivity index (χ1v) is 12.3. The van der Waals surface area contributed by atoms with Crippen molar-refractivity contribution in [2.75, 3.05) is 25.1 Å². The summed E-state index contributed by atoms with van der Waals surface area (Å²) in [5, 5.41) is 0. The summed E-state index contributed by atoms with van der Waals surface area (Å²) in [6, 6.07) is 6.07. The number of ether oxygens (including phenoxy) is 2. The van der Waals surface area contributed by atoms with E-state index >= 15 is 0 Å². The summed E-state index contributed by atoms with van der Waals surface area (Å²) in [6.45, 7) is 5.79. The number of benzene rings is 1. The molecule has 0 N–H and O–H groups in total. The number of nitrogens with zero attached hydrogens (tertiary/aromatic N) is 1. The van der Waals surface area contributed by atoms with Gasteiger partial charge in [0.1, 0.15) is 5.75 Å². The van der Waals surface area contributed by atoms with Crippen molar-refractivity contribution < 1.29 is 22.7 Å². The van der Waals surface area contributed by atoms with E-state index in [0.717, 1.165) is 48.4 Å². The molecular weight excluding hydrogens is 390 g/mol. The van der Waals surface area contributed by atoms with E-state index < -0.39 is 9.84 Å². The van der Waals surface area contributed by atoms with Crippen LogP contribution >= 0.6 is 0 Å².